The molecule has 0 heterocycles. The molecule has 1 aromatic rings. The molecule has 20 heavy (non-hydrogen) atoms. The Bertz CT molecular complexity index is 505. The molecule has 0 aliphatic heterocycles. The van der Waals surface area contributed by atoms with Crippen LogP contribution in [0.2, 0.25) is 5.02 Å². The van der Waals surface area contributed by atoms with Crippen LogP contribution in [0.15, 0.2) is 24.3 Å². The fourth-order valence-electron chi connectivity index (χ4n) is 1.62. The normalized spacial score (nSPS) is 12.6. The molecular formula is C15H20ClN3O. The predicted molar refractivity (Wildman–Crippen MR) is 80.3 cm³/mol. The van der Waals surface area contributed by atoms with Gasteiger partial charge in [-0.2, -0.15) is 5.26 Å². The monoisotopic (exact) mass is 293 g/mol. The Hall–Kier alpha value is -1.57. The van der Waals surface area contributed by atoms with Crippen molar-refractivity contribution in [3.63, 3.8) is 0 Å². The first-order valence-electron chi connectivity index (χ1n) is 6.44. The second-order valence-electron chi connectivity index (χ2n) is 5.28. The van der Waals surface area contributed by atoms with E-state index in [1.54, 1.807) is 20.9 Å². The lowest BCUT2D eigenvalue weighted by Gasteiger charge is -2.29. The Morgan fingerprint density at radius 1 is 1.45 bits per heavy atom. The highest BCUT2D eigenvalue weighted by molar-refractivity contribution is 6.30. The zero-order valence-electron chi connectivity index (χ0n) is 12.3. The van der Waals surface area contributed by atoms with Gasteiger partial charge in [0, 0.05) is 18.1 Å². The van der Waals surface area contributed by atoms with Crippen molar-refractivity contribution in [1.29, 1.82) is 5.26 Å². The lowest BCUT2D eigenvalue weighted by molar-refractivity contribution is -0.132. The van der Waals surface area contributed by atoms with Crippen LogP contribution in [0.5, 0.6) is 0 Å². The zero-order valence-corrected chi connectivity index (χ0v) is 13.0. The maximum atomic E-state index is 12.0. The van der Waals surface area contributed by atoms with E-state index in [4.69, 9.17) is 16.9 Å². The minimum absolute atomic E-state index is 0.0369. The molecule has 1 aromatic carbocycles. The number of halogens is 1. The van der Waals surface area contributed by atoms with Crippen molar-refractivity contribution < 1.29 is 4.79 Å². The van der Waals surface area contributed by atoms with E-state index in [0.717, 1.165) is 5.56 Å². The Kier molecular flexibility index (Phi) is 5.55. The molecule has 1 N–H and O–H groups in total. The van der Waals surface area contributed by atoms with Gasteiger partial charge in [-0.25, -0.2) is 0 Å². The van der Waals surface area contributed by atoms with Gasteiger partial charge < -0.3 is 10.2 Å². The SMILES string of the molecule is C[C@H](NCC(=O)N(C)C(C)(C)C#N)c1ccc(Cl)cc1. The third-order valence-electron chi connectivity index (χ3n) is 3.42. The van der Waals surface area contributed by atoms with Crippen molar-refractivity contribution in [1.82, 2.24) is 10.2 Å². The molecular weight excluding hydrogens is 274 g/mol. The number of hydrogen-bond acceptors (Lipinski definition) is 3. The zero-order chi connectivity index (χ0) is 15.3. The van der Waals surface area contributed by atoms with Crippen LogP contribution in [-0.4, -0.2) is 29.9 Å². The number of rotatable bonds is 5. The topological polar surface area (TPSA) is 56.1 Å². The number of nitriles is 1. The summed E-state index contributed by atoms with van der Waals surface area (Å²) in [5.74, 6) is -0.114. The summed E-state index contributed by atoms with van der Waals surface area (Å²) in [7, 11) is 1.64. The summed E-state index contributed by atoms with van der Waals surface area (Å²) in [5, 5.41) is 12.9. The van der Waals surface area contributed by atoms with Gasteiger partial charge in [0.15, 0.2) is 0 Å². The van der Waals surface area contributed by atoms with Gasteiger partial charge in [0.05, 0.1) is 12.6 Å². The molecule has 0 unspecified atom stereocenters. The second kappa shape index (κ2) is 6.74. The Morgan fingerprint density at radius 2 is 2.00 bits per heavy atom. The molecule has 108 valence electrons. The maximum absolute atomic E-state index is 12.0. The van der Waals surface area contributed by atoms with E-state index < -0.39 is 5.54 Å². The van der Waals surface area contributed by atoms with E-state index in [0.29, 0.717) is 5.02 Å². The largest absolute Gasteiger partial charge is 0.326 e. The highest BCUT2D eigenvalue weighted by Crippen LogP contribution is 2.16. The Morgan fingerprint density at radius 3 is 2.50 bits per heavy atom. The highest BCUT2D eigenvalue weighted by Gasteiger charge is 2.27. The van der Waals surface area contributed by atoms with E-state index in [2.05, 4.69) is 11.4 Å². The molecule has 1 atom stereocenters. The summed E-state index contributed by atoms with van der Waals surface area (Å²) in [6.45, 7) is 5.60. The van der Waals surface area contributed by atoms with Crippen LogP contribution >= 0.6 is 11.6 Å². The summed E-state index contributed by atoms with van der Waals surface area (Å²) in [6, 6.07) is 9.64. The van der Waals surface area contributed by atoms with E-state index in [9.17, 15) is 4.79 Å². The first-order chi connectivity index (χ1) is 9.27. The molecule has 0 fully saturated rings. The molecule has 0 radical (unpaired) electrons. The van der Waals surface area contributed by atoms with Crippen molar-refractivity contribution in [3.05, 3.63) is 34.9 Å². The first-order valence-corrected chi connectivity index (χ1v) is 6.82. The third kappa shape index (κ3) is 4.22. The molecule has 0 saturated heterocycles. The van der Waals surface area contributed by atoms with Crippen LogP contribution in [0.25, 0.3) is 0 Å². The first kappa shape index (κ1) is 16.5. The van der Waals surface area contributed by atoms with Crippen molar-refractivity contribution in [2.75, 3.05) is 13.6 Å². The molecule has 1 amide bonds. The van der Waals surface area contributed by atoms with E-state index in [1.807, 2.05) is 31.2 Å². The standard InChI is InChI=1S/C15H20ClN3O/c1-11(12-5-7-13(16)8-6-12)18-9-14(20)19(4)15(2,3)10-17/h5-8,11,18H,9H2,1-4H3/t11-/m0/s1. The summed E-state index contributed by atoms with van der Waals surface area (Å²) < 4.78 is 0. The van der Waals surface area contributed by atoms with Crippen molar-refractivity contribution in [2.24, 2.45) is 0 Å². The van der Waals surface area contributed by atoms with Crippen molar-refractivity contribution >= 4 is 17.5 Å². The second-order valence-corrected chi connectivity index (χ2v) is 5.71. The Labute approximate surface area is 125 Å². The maximum Gasteiger partial charge on any atom is 0.237 e. The molecule has 4 nitrogen and oxygen atoms in total. The number of carbonyl (C=O) groups excluding carboxylic acids is 1. The number of benzene rings is 1. The predicted octanol–water partition coefficient (Wildman–Crippen LogP) is 2.75. The average molecular weight is 294 g/mol. The summed E-state index contributed by atoms with van der Waals surface area (Å²) in [5.41, 5.74) is 0.256. The fraction of sp³-hybridized carbons (Fsp3) is 0.467. The molecule has 0 aliphatic rings. The third-order valence-corrected chi connectivity index (χ3v) is 3.67. The number of hydrogen-bond donors (Lipinski definition) is 1. The number of likely N-dealkylation sites (N-methyl/N-ethyl adjacent to an activating group) is 1. The quantitative estimate of drug-likeness (QED) is 0.908. The Balaban J connectivity index is 2.57. The van der Waals surface area contributed by atoms with Gasteiger partial charge in [-0.3, -0.25) is 4.79 Å². The fourth-order valence-corrected chi connectivity index (χ4v) is 1.74. The molecule has 5 heteroatoms. The number of nitrogens with one attached hydrogen (secondary N) is 1. The van der Waals surface area contributed by atoms with E-state index >= 15 is 0 Å². The number of carbonyl (C=O) groups is 1. The van der Waals surface area contributed by atoms with Crippen LogP contribution < -0.4 is 5.32 Å². The smallest absolute Gasteiger partial charge is 0.237 e. The van der Waals surface area contributed by atoms with Crippen molar-refractivity contribution in [2.45, 2.75) is 32.4 Å². The lowest BCUT2D eigenvalue weighted by atomic mass is 10.1. The summed E-state index contributed by atoms with van der Waals surface area (Å²) in [4.78, 5) is 13.5. The molecule has 0 saturated carbocycles. The van der Waals surface area contributed by atoms with Crippen LogP contribution in [0.4, 0.5) is 0 Å². The van der Waals surface area contributed by atoms with Crippen molar-refractivity contribution in [3.8, 4) is 6.07 Å². The van der Waals surface area contributed by atoms with Crippen LogP contribution in [0.3, 0.4) is 0 Å². The van der Waals surface area contributed by atoms with Crippen LogP contribution in [-0.2, 0) is 4.79 Å². The van der Waals surface area contributed by atoms with E-state index in [-0.39, 0.29) is 18.5 Å². The molecule has 0 aliphatic carbocycles. The molecule has 0 bridgehead atoms. The van der Waals surface area contributed by atoms with Gasteiger partial charge in [0.2, 0.25) is 5.91 Å². The molecule has 1 rings (SSSR count). The number of amides is 1. The van der Waals surface area contributed by atoms with Gasteiger partial charge in [-0.05, 0) is 38.5 Å². The van der Waals surface area contributed by atoms with Crippen LogP contribution in [0, 0.1) is 11.3 Å². The average Bonchev–Trinajstić information content (AvgIpc) is 2.44. The van der Waals surface area contributed by atoms with Gasteiger partial charge in [-0.15, -0.1) is 0 Å². The van der Waals surface area contributed by atoms with Gasteiger partial charge in [0.25, 0.3) is 0 Å². The lowest BCUT2D eigenvalue weighted by Crippen LogP contribution is -2.47. The van der Waals surface area contributed by atoms with E-state index in [1.165, 1.54) is 4.90 Å². The molecule has 0 aromatic heterocycles. The minimum Gasteiger partial charge on any atom is -0.326 e. The van der Waals surface area contributed by atoms with Gasteiger partial charge in [0.1, 0.15) is 5.54 Å². The summed E-state index contributed by atoms with van der Waals surface area (Å²) >= 11 is 5.84. The minimum atomic E-state index is -0.803. The number of nitrogens with zero attached hydrogens (tertiary/aromatic N) is 2. The summed E-state index contributed by atoms with van der Waals surface area (Å²) in [6.07, 6.45) is 0. The van der Waals surface area contributed by atoms with Crippen LogP contribution in [0.1, 0.15) is 32.4 Å². The molecule has 0 spiro atoms. The van der Waals surface area contributed by atoms with Gasteiger partial charge >= 0.3 is 0 Å². The van der Waals surface area contributed by atoms with Gasteiger partial charge in [-0.1, -0.05) is 23.7 Å². The highest BCUT2D eigenvalue weighted by atomic mass is 35.5.